The molecule has 0 aliphatic carbocycles. The summed E-state index contributed by atoms with van der Waals surface area (Å²) in [4.78, 5) is 0.268. The van der Waals surface area contributed by atoms with Crippen molar-refractivity contribution in [3.8, 4) is 5.75 Å². The number of aryl methyl sites for hydroxylation is 1. The number of benzene rings is 2. The molecule has 1 saturated heterocycles. The summed E-state index contributed by atoms with van der Waals surface area (Å²) in [5.41, 5.74) is 2.16. The van der Waals surface area contributed by atoms with E-state index in [-0.39, 0.29) is 17.0 Å². The fraction of sp³-hybridized carbons (Fsp3) is 0.368. The van der Waals surface area contributed by atoms with E-state index in [9.17, 15) is 8.42 Å². The molecule has 2 aromatic rings. The molecule has 5 nitrogen and oxygen atoms in total. The molecule has 0 bridgehead atoms. The Labute approximate surface area is 149 Å². The van der Waals surface area contributed by atoms with Gasteiger partial charge >= 0.3 is 0 Å². The van der Waals surface area contributed by atoms with E-state index < -0.39 is 10.0 Å². The van der Waals surface area contributed by atoms with Gasteiger partial charge in [-0.15, -0.1) is 0 Å². The summed E-state index contributed by atoms with van der Waals surface area (Å²) in [6.07, 6.45) is -0.259. The van der Waals surface area contributed by atoms with E-state index in [0.29, 0.717) is 18.9 Å². The van der Waals surface area contributed by atoms with Crippen LogP contribution in [0.2, 0.25) is 0 Å². The first-order valence-corrected chi connectivity index (χ1v) is 9.70. The molecule has 1 aliphatic heterocycles. The van der Waals surface area contributed by atoms with Crippen molar-refractivity contribution < 1.29 is 17.9 Å². The molecule has 0 saturated carbocycles. The highest BCUT2D eigenvalue weighted by Crippen LogP contribution is 2.30. The molecule has 0 radical (unpaired) electrons. The first kappa shape index (κ1) is 17.9. The van der Waals surface area contributed by atoms with Crippen LogP contribution in [0.15, 0.2) is 53.4 Å². The Kier molecular flexibility index (Phi) is 5.13. The maximum Gasteiger partial charge on any atom is 0.243 e. The Morgan fingerprint density at radius 1 is 1.08 bits per heavy atom. The molecule has 0 spiro atoms. The van der Waals surface area contributed by atoms with E-state index in [1.807, 2.05) is 38.1 Å². The second kappa shape index (κ2) is 7.15. The van der Waals surface area contributed by atoms with Crippen molar-refractivity contribution in [1.29, 1.82) is 0 Å². The van der Waals surface area contributed by atoms with Gasteiger partial charge < -0.3 is 9.47 Å². The van der Waals surface area contributed by atoms with Crippen LogP contribution in [0.3, 0.4) is 0 Å². The predicted molar refractivity (Wildman–Crippen MR) is 96.2 cm³/mol. The number of nitrogens with zero attached hydrogens (tertiary/aromatic N) is 1. The Morgan fingerprint density at radius 2 is 1.72 bits per heavy atom. The second-order valence-electron chi connectivity index (χ2n) is 6.33. The lowest BCUT2D eigenvalue weighted by molar-refractivity contribution is -0.0288. The molecule has 25 heavy (non-hydrogen) atoms. The first-order valence-electron chi connectivity index (χ1n) is 8.26. The highest BCUT2D eigenvalue weighted by atomic mass is 32.2. The van der Waals surface area contributed by atoms with Crippen LogP contribution in [0.25, 0.3) is 0 Å². The number of ether oxygens (including phenoxy) is 2. The van der Waals surface area contributed by atoms with Crippen molar-refractivity contribution in [2.75, 3.05) is 20.3 Å². The van der Waals surface area contributed by atoms with Crippen LogP contribution >= 0.6 is 0 Å². The average Bonchev–Trinajstić information content (AvgIpc) is 2.63. The fourth-order valence-corrected chi connectivity index (χ4v) is 4.55. The van der Waals surface area contributed by atoms with Gasteiger partial charge in [0.15, 0.2) is 0 Å². The highest BCUT2D eigenvalue weighted by molar-refractivity contribution is 7.89. The number of hydrogen-bond donors (Lipinski definition) is 0. The van der Waals surface area contributed by atoms with Gasteiger partial charge in [0, 0.05) is 12.6 Å². The summed E-state index contributed by atoms with van der Waals surface area (Å²) in [5.74, 6) is 0.631. The number of morpholine rings is 1. The van der Waals surface area contributed by atoms with Gasteiger partial charge in [-0.2, -0.15) is 4.31 Å². The van der Waals surface area contributed by atoms with Crippen LogP contribution < -0.4 is 4.74 Å². The maximum absolute atomic E-state index is 13.1. The molecule has 134 valence electrons. The predicted octanol–water partition coefficient (Wildman–Crippen LogP) is 3.15. The number of methoxy groups -OCH3 is 1. The summed E-state index contributed by atoms with van der Waals surface area (Å²) < 4.78 is 38.6. The van der Waals surface area contributed by atoms with E-state index in [2.05, 4.69) is 0 Å². The zero-order valence-electron chi connectivity index (χ0n) is 14.7. The minimum absolute atomic E-state index is 0.214. The Bertz CT molecular complexity index is 816. The SMILES string of the molecule is COc1ccc(S(=O)(=O)N2CC(c3ccc(C)cc3)OCC2C)cc1. The molecule has 1 fully saturated rings. The van der Waals surface area contributed by atoms with Crippen LogP contribution in [0.4, 0.5) is 0 Å². The minimum Gasteiger partial charge on any atom is -0.497 e. The van der Waals surface area contributed by atoms with Crippen LogP contribution in [-0.4, -0.2) is 39.0 Å². The molecule has 2 unspecified atom stereocenters. The van der Waals surface area contributed by atoms with E-state index in [4.69, 9.17) is 9.47 Å². The summed E-state index contributed by atoms with van der Waals surface area (Å²) >= 11 is 0. The van der Waals surface area contributed by atoms with Gasteiger partial charge in [-0.05, 0) is 43.7 Å². The van der Waals surface area contributed by atoms with Crippen LogP contribution in [0.5, 0.6) is 5.75 Å². The van der Waals surface area contributed by atoms with Crippen molar-refractivity contribution in [2.24, 2.45) is 0 Å². The molecule has 2 aromatic carbocycles. The monoisotopic (exact) mass is 361 g/mol. The zero-order chi connectivity index (χ0) is 18.0. The smallest absolute Gasteiger partial charge is 0.243 e. The molecule has 3 rings (SSSR count). The number of rotatable bonds is 4. The molecule has 0 amide bonds. The molecule has 6 heteroatoms. The second-order valence-corrected chi connectivity index (χ2v) is 8.22. The molecule has 1 aliphatic rings. The number of hydrogen-bond acceptors (Lipinski definition) is 4. The third kappa shape index (κ3) is 3.71. The van der Waals surface area contributed by atoms with Crippen molar-refractivity contribution in [2.45, 2.75) is 30.9 Å². The third-order valence-electron chi connectivity index (χ3n) is 4.49. The standard InChI is InChI=1S/C19H23NO4S/c1-14-4-6-16(7-5-14)19-12-20(15(2)13-24-19)25(21,22)18-10-8-17(23-3)9-11-18/h4-11,15,19H,12-13H2,1-3H3. The third-order valence-corrected chi connectivity index (χ3v) is 6.49. The molecule has 1 heterocycles. The largest absolute Gasteiger partial charge is 0.497 e. The lowest BCUT2D eigenvalue weighted by atomic mass is 10.1. The molecule has 0 N–H and O–H groups in total. The zero-order valence-corrected chi connectivity index (χ0v) is 15.5. The number of sulfonamides is 1. The van der Waals surface area contributed by atoms with Crippen molar-refractivity contribution in [3.63, 3.8) is 0 Å². The molecule has 2 atom stereocenters. The van der Waals surface area contributed by atoms with Gasteiger partial charge in [-0.3, -0.25) is 0 Å². The minimum atomic E-state index is -3.59. The Morgan fingerprint density at radius 3 is 2.32 bits per heavy atom. The van der Waals surface area contributed by atoms with Crippen LogP contribution in [0.1, 0.15) is 24.2 Å². The van der Waals surface area contributed by atoms with Gasteiger partial charge in [0.05, 0.1) is 24.7 Å². The normalized spacial score (nSPS) is 21.9. The lowest BCUT2D eigenvalue weighted by Crippen LogP contribution is -2.48. The molecular formula is C19H23NO4S. The van der Waals surface area contributed by atoms with Gasteiger partial charge in [0.25, 0.3) is 0 Å². The Hall–Kier alpha value is -1.89. The highest BCUT2D eigenvalue weighted by Gasteiger charge is 2.36. The molecule has 0 aromatic heterocycles. The van der Waals surface area contributed by atoms with Gasteiger partial charge in [0.2, 0.25) is 10.0 Å². The first-order chi connectivity index (χ1) is 11.9. The summed E-state index contributed by atoms with van der Waals surface area (Å²) in [5, 5.41) is 0. The summed E-state index contributed by atoms with van der Waals surface area (Å²) in [6.45, 7) is 4.56. The topological polar surface area (TPSA) is 55.8 Å². The summed E-state index contributed by atoms with van der Waals surface area (Å²) in [6, 6.07) is 14.3. The average molecular weight is 361 g/mol. The van der Waals surface area contributed by atoms with E-state index in [0.717, 1.165) is 11.1 Å². The maximum atomic E-state index is 13.1. The van der Waals surface area contributed by atoms with Crippen LogP contribution in [0, 0.1) is 6.92 Å². The lowest BCUT2D eigenvalue weighted by Gasteiger charge is -2.37. The van der Waals surface area contributed by atoms with Gasteiger partial charge in [0.1, 0.15) is 5.75 Å². The summed E-state index contributed by atoms with van der Waals surface area (Å²) in [7, 11) is -2.03. The van der Waals surface area contributed by atoms with Crippen molar-refractivity contribution in [1.82, 2.24) is 4.31 Å². The quantitative estimate of drug-likeness (QED) is 0.839. The molecular weight excluding hydrogens is 338 g/mol. The van der Waals surface area contributed by atoms with Gasteiger partial charge in [-0.1, -0.05) is 29.8 Å². The van der Waals surface area contributed by atoms with Crippen LogP contribution in [-0.2, 0) is 14.8 Å². The fourth-order valence-electron chi connectivity index (χ4n) is 2.94. The van der Waals surface area contributed by atoms with Crippen molar-refractivity contribution >= 4 is 10.0 Å². The van der Waals surface area contributed by atoms with E-state index in [1.165, 1.54) is 4.31 Å². The van der Waals surface area contributed by atoms with Crippen molar-refractivity contribution in [3.05, 3.63) is 59.7 Å². The van der Waals surface area contributed by atoms with E-state index >= 15 is 0 Å². The Balaban J connectivity index is 1.86. The van der Waals surface area contributed by atoms with E-state index in [1.54, 1.807) is 31.4 Å². The van der Waals surface area contributed by atoms with Gasteiger partial charge in [-0.25, -0.2) is 8.42 Å².